The number of nitro groups is 1. The summed E-state index contributed by atoms with van der Waals surface area (Å²) in [5.41, 5.74) is 0.781. The van der Waals surface area contributed by atoms with Gasteiger partial charge in [0.05, 0.1) is 4.92 Å². The van der Waals surface area contributed by atoms with E-state index in [4.69, 9.17) is 0 Å². The maximum absolute atomic E-state index is 11.0. The number of halogens is 1. The number of nitro benzene ring substituents is 1. The molecule has 5 heteroatoms. The van der Waals surface area contributed by atoms with Crippen molar-refractivity contribution in [2.75, 3.05) is 5.32 Å². The highest BCUT2D eigenvalue weighted by molar-refractivity contribution is 9.10. The number of hydrogen-bond acceptors (Lipinski definition) is 3. The van der Waals surface area contributed by atoms with Crippen molar-refractivity contribution in [3.8, 4) is 0 Å². The molecule has 0 bridgehead atoms. The molecule has 0 radical (unpaired) electrons. The van der Waals surface area contributed by atoms with E-state index in [0.717, 1.165) is 23.2 Å². The highest BCUT2D eigenvalue weighted by Crippen LogP contribution is 2.33. The molecule has 1 N–H and O–H groups in total. The van der Waals surface area contributed by atoms with E-state index < -0.39 is 0 Å². The van der Waals surface area contributed by atoms with Gasteiger partial charge >= 0.3 is 0 Å². The standard InChI is InChI=1S/C14H19BrN2O2/c1-2-10-4-3-5-12(8-10)16-13-9-11(15)6-7-14(13)17(18)19/h6-7,9-10,12,16H,2-5,8H2,1H3. The number of hydrogen-bond donors (Lipinski definition) is 1. The molecule has 1 aliphatic rings. The van der Waals surface area contributed by atoms with Gasteiger partial charge in [0, 0.05) is 16.6 Å². The van der Waals surface area contributed by atoms with Crippen LogP contribution in [0.15, 0.2) is 22.7 Å². The largest absolute Gasteiger partial charge is 0.377 e. The molecule has 0 heterocycles. The normalized spacial score (nSPS) is 23.1. The van der Waals surface area contributed by atoms with E-state index in [1.807, 2.05) is 0 Å². The third kappa shape index (κ3) is 3.69. The summed E-state index contributed by atoms with van der Waals surface area (Å²) < 4.78 is 0.864. The number of benzene rings is 1. The van der Waals surface area contributed by atoms with Crippen LogP contribution in [-0.4, -0.2) is 11.0 Å². The summed E-state index contributed by atoms with van der Waals surface area (Å²) in [5, 5.41) is 14.4. The second-order valence-electron chi connectivity index (χ2n) is 5.20. The van der Waals surface area contributed by atoms with E-state index >= 15 is 0 Å². The average molecular weight is 327 g/mol. The fourth-order valence-electron chi connectivity index (χ4n) is 2.80. The Morgan fingerprint density at radius 2 is 2.26 bits per heavy atom. The maximum Gasteiger partial charge on any atom is 0.292 e. The molecular weight excluding hydrogens is 308 g/mol. The minimum absolute atomic E-state index is 0.154. The summed E-state index contributed by atoms with van der Waals surface area (Å²) in [6.07, 6.45) is 5.90. The van der Waals surface area contributed by atoms with Crippen LogP contribution in [0, 0.1) is 16.0 Å². The molecule has 104 valence electrons. The van der Waals surface area contributed by atoms with Crippen LogP contribution >= 0.6 is 15.9 Å². The maximum atomic E-state index is 11.0. The molecule has 2 atom stereocenters. The second kappa shape index (κ2) is 6.37. The fraction of sp³-hybridized carbons (Fsp3) is 0.571. The van der Waals surface area contributed by atoms with Gasteiger partial charge in [-0.15, -0.1) is 0 Å². The summed E-state index contributed by atoms with van der Waals surface area (Å²) in [6, 6.07) is 5.41. The molecule has 0 spiro atoms. The molecule has 0 aromatic heterocycles. The zero-order chi connectivity index (χ0) is 13.8. The monoisotopic (exact) mass is 326 g/mol. The molecule has 1 aromatic carbocycles. The summed E-state index contributed by atoms with van der Waals surface area (Å²) in [6.45, 7) is 2.22. The third-order valence-corrected chi connectivity index (χ3v) is 4.37. The Morgan fingerprint density at radius 1 is 1.47 bits per heavy atom. The van der Waals surface area contributed by atoms with Crippen LogP contribution in [0.4, 0.5) is 11.4 Å². The van der Waals surface area contributed by atoms with Gasteiger partial charge in [-0.05, 0) is 30.9 Å². The Balaban J connectivity index is 2.13. The van der Waals surface area contributed by atoms with Gasteiger partial charge in [-0.1, -0.05) is 42.1 Å². The van der Waals surface area contributed by atoms with E-state index in [1.54, 1.807) is 18.2 Å². The van der Waals surface area contributed by atoms with Crippen LogP contribution < -0.4 is 5.32 Å². The van der Waals surface area contributed by atoms with Gasteiger partial charge in [-0.25, -0.2) is 0 Å². The van der Waals surface area contributed by atoms with Gasteiger partial charge in [0.15, 0.2) is 0 Å². The van der Waals surface area contributed by atoms with Crippen molar-refractivity contribution in [2.24, 2.45) is 5.92 Å². The van der Waals surface area contributed by atoms with Crippen molar-refractivity contribution in [3.63, 3.8) is 0 Å². The summed E-state index contributed by atoms with van der Waals surface area (Å²) >= 11 is 3.37. The molecule has 2 rings (SSSR count). The predicted molar refractivity (Wildman–Crippen MR) is 80.5 cm³/mol. The van der Waals surface area contributed by atoms with Crippen LogP contribution in [0.5, 0.6) is 0 Å². The van der Waals surface area contributed by atoms with Crippen molar-refractivity contribution in [3.05, 3.63) is 32.8 Å². The second-order valence-corrected chi connectivity index (χ2v) is 6.12. The zero-order valence-electron chi connectivity index (χ0n) is 11.1. The molecule has 0 saturated heterocycles. The minimum Gasteiger partial charge on any atom is -0.377 e. The van der Waals surface area contributed by atoms with Crippen LogP contribution in [-0.2, 0) is 0 Å². The lowest BCUT2D eigenvalue weighted by Crippen LogP contribution is -2.27. The molecule has 0 amide bonds. The Bertz CT molecular complexity index is 465. The topological polar surface area (TPSA) is 55.2 Å². The molecule has 0 aliphatic heterocycles. The Labute approximate surface area is 121 Å². The minimum atomic E-state index is -0.325. The SMILES string of the molecule is CCC1CCCC(Nc2cc(Br)ccc2[N+](=O)[O-])C1. The first-order valence-electron chi connectivity index (χ1n) is 6.80. The van der Waals surface area contributed by atoms with Gasteiger partial charge in [-0.3, -0.25) is 10.1 Å². The first-order chi connectivity index (χ1) is 9.10. The number of rotatable bonds is 4. The summed E-state index contributed by atoms with van der Waals surface area (Å²) in [7, 11) is 0. The molecule has 1 aliphatic carbocycles. The fourth-order valence-corrected chi connectivity index (χ4v) is 3.16. The molecule has 19 heavy (non-hydrogen) atoms. The highest BCUT2D eigenvalue weighted by Gasteiger charge is 2.23. The van der Waals surface area contributed by atoms with Crippen LogP contribution in [0.2, 0.25) is 0 Å². The number of nitrogens with one attached hydrogen (secondary N) is 1. The van der Waals surface area contributed by atoms with Crippen LogP contribution in [0.25, 0.3) is 0 Å². The molecule has 2 unspecified atom stereocenters. The first kappa shape index (κ1) is 14.3. The predicted octanol–water partition coefficient (Wildman–Crippen LogP) is 4.74. The smallest absolute Gasteiger partial charge is 0.292 e. The van der Waals surface area contributed by atoms with E-state index in [0.29, 0.717) is 11.7 Å². The number of nitrogens with zero attached hydrogens (tertiary/aromatic N) is 1. The zero-order valence-corrected chi connectivity index (χ0v) is 12.6. The van der Waals surface area contributed by atoms with E-state index in [2.05, 4.69) is 28.2 Å². The highest BCUT2D eigenvalue weighted by atomic mass is 79.9. The van der Waals surface area contributed by atoms with Crippen molar-refractivity contribution < 1.29 is 4.92 Å². The van der Waals surface area contributed by atoms with Gasteiger partial charge < -0.3 is 5.32 Å². The molecular formula is C14H19BrN2O2. The average Bonchev–Trinajstić information content (AvgIpc) is 2.38. The van der Waals surface area contributed by atoms with Gasteiger partial charge in [0.25, 0.3) is 5.69 Å². The lowest BCUT2D eigenvalue weighted by atomic mass is 9.84. The van der Waals surface area contributed by atoms with E-state index in [1.165, 1.54) is 19.3 Å². The Kier molecular flexibility index (Phi) is 4.80. The third-order valence-electron chi connectivity index (χ3n) is 3.88. The molecule has 1 saturated carbocycles. The molecule has 4 nitrogen and oxygen atoms in total. The van der Waals surface area contributed by atoms with Gasteiger partial charge in [0.1, 0.15) is 5.69 Å². The summed E-state index contributed by atoms with van der Waals surface area (Å²) in [5.74, 6) is 0.748. The van der Waals surface area contributed by atoms with E-state index in [9.17, 15) is 10.1 Å². The molecule has 1 aromatic rings. The van der Waals surface area contributed by atoms with Gasteiger partial charge in [0.2, 0.25) is 0 Å². The molecule has 1 fully saturated rings. The van der Waals surface area contributed by atoms with Crippen LogP contribution in [0.1, 0.15) is 39.0 Å². The van der Waals surface area contributed by atoms with E-state index in [-0.39, 0.29) is 10.6 Å². The quantitative estimate of drug-likeness (QED) is 0.642. The lowest BCUT2D eigenvalue weighted by molar-refractivity contribution is -0.384. The lowest BCUT2D eigenvalue weighted by Gasteiger charge is -2.29. The van der Waals surface area contributed by atoms with Crippen molar-refractivity contribution in [1.29, 1.82) is 0 Å². The van der Waals surface area contributed by atoms with Crippen molar-refractivity contribution >= 4 is 27.3 Å². The summed E-state index contributed by atoms with van der Waals surface area (Å²) in [4.78, 5) is 10.7. The number of anilines is 1. The van der Waals surface area contributed by atoms with Crippen LogP contribution in [0.3, 0.4) is 0 Å². The van der Waals surface area contributed by atoms with Crippen molar-refractivity contribution in [1.82, 2.24) is 0 Å². The van der Waals surface area contributed by atoms with Crippen molar-refractivity contribution in [2.45, 2.75) is 45.1 Å². The Morgan fingerprint density at radius 3 is 2.95 bits per heavy atom. The Hall–Kier alpha value is -1.10. The van der Waals surface area contributed by atoms with Gasteiger partial charge in [-0.2, -0.15) is 0 Å². The first-order valence-corrected chi connectivity index (χ1v) is 7.60.